The minimum Gasteiger partial charge on any atom is -0.507 e. The van der Waals surface area contributed by atoms with Crippen LogP contribution in [0.25, 0.3) is 10.8 Å². The molecule has 0 radical (unpaired) electrons. The molecule has 3 heteroatoms. The second kappa shape index (κ2) is 4.92. The third kappa shape index (κ3) is 2.28. The SMILES string of the molecule is O=C(c1cc(O)c2ccccc2c1)N1CCCCC1. The Morgan fingerprint density at radius 2 is 1.79 bits per heavy atom. The molecular weight excluding hydrogens is 238 g/mol. The molecule has 3 rings (SSSR count). The summed E-state index contributed by atoms with van der Waals surface area (Å²) in [5.41, 5.74) is 0.582. The van der Waals surface area contributed by atoms with E-state index in [4.69, 9.17) is 0 Å². The van der Waals surface area contributed by atoms with Gasteiger partial charge in [-0.3, -0.25) is 4.79 Å². The highest BCUT2D eigenvalue weighted by Gasteiger charge is 2.19. The molecule has 0 bridgehead atoms. The van der Waals surface area contributed by atoms with Crippen LogP contribution in [0.4, 0.5) is 0 Å². The Kier molecular flexibility index (Phi) is 3.11. The minimum absolute atomic E-state index is 0.0285. The summed E-state index contributed by atoms with van der Waals surface area (Å²) < 4.78 is 0. The fourth-order valence-electron chi connectivity index (χ4n) is 2.69. The molecule has 0 spiro atoms. The molecule has 1 heterocycles. The summed E-state index contributed by atoms with van der Waals surface area (Å²) in [7, 11) is 0. The van der Waals surface area contributed by atoms with E-state index in [2.05, 4.69) is 0 Å². The maximum Gasteiger partial charge on any atom is 0.254 e. The first-order valence-electron chi connectivity index (χ1n) is 6.77. The highest BCUT2D eigenvalue weighted by atomic mass is 16.3. The minimum atomic E-state index is 0.0285. The van der Waals surface area contributed by atoms with Crippen LogP contribution in [0.2, 0.25) is 0 Å². The van der Waals surface area contributed by atoms with Crippen molar-refractivity contribution in [3.05, 3.63) is 42.0 Å². The Balaban J connectivity index is 1.98. The van der Waals surface area contributed by atoms with Gasteiger partial charge in [0.2, 0.25) is 0 Å². The number of carbonyl (C=O) groups is 1. The highest BCUT2D eigenvalue weighted by molar-refractivity contribution is 6.00. The van der Waals surface area contributed by atoms with Gasteiger partial charge in [-0.25, -0.2) is 0 Å². The lowest BCUT2D eigenvalue weighted by atomic mass is 10.0. The van der Waals surface area contributed by atoms with Gasteiger partial charge < -0.3 is 10.0 Å². The second-order valence-corrected chi connectivity index (χ2v) is 5.07. The Morgan fingerprint density at radius 1 is 1.05 bits per heavy atom. The number of fused-ring (bicyclic) bond motifs is 1. The molecule has 2 aromatic carbocycles. The van der Waals surface area contributed by atoms with E-state index in [1.54, 1.807) is 6.07 Å². The molecule has 1 saturated heterocycles. The number of amides is 1. The predicted octanol–water partition coefficient (Wildman–Crippen LogP) is 3.17. The number of phenols is 1. The molecule has 1 aliphatic rings. The highest BCUT2D eigenvalue weighted by Crippen LogP contribution is 2.27. The number of hydrogen-bond acceptors (Lipinski definition) is 2. The van der Waals surface area contributed by atoms with Crippen LogP contribution in [0.3, 0.4) is 0 Å². The third-order valence-electron chi connectivity index (χ3n) is 3.73. The lowest BCUT2D eigenvalue weighted by molar-refractivity contribution is 0.0724. The summed E-state index contributed by atoms with van der Waals surface area (Å²) in [4.78, 5) is 14.3. The van der Waals surface area contributed by atoms with Gasteiger partial charge >= 0.3 is 0 Å². The van der Waals surface area contributed by atoms with E-state index < -0.39 is 0 Å². The molecule has 1 aliphatic heterocycles. The van der Waals surface area contributed by atoms with Crippen molar-refractivity contribution in [3.8, 4) is 5.75 Å². The molecular formula is C16H17NO2. The van der Waals surface area contributed by atoms with Gasteiger partial charge in [-0.1, -0.05) is 24.3 Å². The van der Waals surface area contributed by atoms with Gasteiger partial charge in [0.05, 0.1) is 0 Å². The van der Waals surface area contributed by atoms with Crippen molar-refractivity contribution < 1.29 is 9.90 Å². The van der Waals surface area contributed by atoms with Crippen LogP contribution in [0.15, 0.2) is 36.4 Å². The Hall–Kier alpha value is -2.03. The Morgan fingerprint density at radius 3 is 2.58 bits per heavy atom. The number of rotatable bonds is 1. The zero-order chi connectivity index (χ0) is 13.2. The number of hydrogen-bond donors (Lipinski definition) is 1. The quantitative estimate of drug-likeness (QED) is 0.850. The Labute approximate surface area is 112 Å². The number of aromatic hydroxyl groups is 1. The van der Waals surface area contributed by atoms with Crippen molar-refractivity contribution in [2.75, 3.05) is 13.1 Å². The largest absolute Gasteiger partial charge is 0.507 e. The van der Waals surface area contributed by atoms with Crippen molar-refractivity contribution in [1.82, 2.24) is 4.90 Å². The van der Waals surface area contributed by atoms with Crippen LogP contribution in [-0.4, -0.2) is 29.0 Å². The first-order valence-corrected chi connectivity index (χ1v) is 6.77. The zero-order valence-electron chi connectivity index (χ0n) is 10.8. The molecule has 0 aromatic heterocycles. The van der Waals surface area contributed by atoms with Gasteiger partial charge in [0.25, 0.3) is 5.91 Å². The van der Waals surface area contributed by atoms with Gasteiger partial charge in [-0.2, -0.15) is 0 Å². The van der Waals surface area contributed by atoms with Crippen molar-refractivity contribution in [2.45, 2.75) is 19.3 Å². The lowest BCUT2D eigenvalue weighted by Gasteiger charge is -2.26. The number of nitrogens with zero attached hydrogens (tertiary/aromatic N) is 1. The van der Waals surface area contributed by atoms with Crippen molar-refractivity contribution in [1.29, 1.82) is 0 Å². The van der Waals surface area contributed by atoms with E-state index in [-0.39, 0.29) is 11.7 Å². The van der Waals surface area contributed by atoms with Gasteiger partial charge in [0.15, 0.2) is 0 Å². The molecule has 2 aromatic rings. The standard InChI is InChI=1S/C16H17NO2/c18-15-11-13(10-12-6-2-3-7-14(12)15)16(19)17-8-4-1-5-9-17/h2-3,6-7,10-11,18H,1,4-5,8-9H2. The smallest absolute Gasteiger partial charge is 0.254 e. The maximum absolute atomic E-state index is 12.4. The average Bonchev–Trinajstić information content (AvgIpc) is 2.47. The molecule has 98 valence electrons. The number of benzene rings is 2. The van der Waals surface area contributed by atoms with Crippen LogP contribution < -0.4 is 0 Å². The summed E-state index contributed by atoms with van der Waals surface area (Å²) in [6.07, 6.45) is 3.35. The first kappa shape index (κ1) is 12.0. The molecule has 1 amide bonds. The van der Waals surface area contributed by atoms with Gasteiger partial charge in [0, 0.05) is 24.0 Å². The van der Waals surface area contributed by atoms with Crippen LogP contribution in [0, 0.1) is 0 Å². The second-order valence-electron chi connectivity index (χ2n) is 5.07. The molecule has 1 fully saturated rings. The number of likely N-dealkylation sites (tertiary alicyclic amines) is 1. The van der Waals surface area contributed by atoms with E-state index in [0.29, 0.717) is 5.56 Å². The maximum atomic E-state index is 12.4. The lowest BCUT2D eigenvalue weighted by Crippen LogP contribution is -2.35. The zero-order valence-corrected chi connectivity index (χ0v) is 10.8. The monoisotopic (exact) mass is 255 g/mol. The van der Waals surface area contributed by atoms with Crippen LogP contribution in [0.1, 0.15) is 29.6 Å². The van der Waals surface area contributed by atoms with Gasteiger partial charge in [-0.15, -0.1) is 0 Å². The van der Waals surface area contributed by atoms with Crippen molar-refractivity contribution >= 4 is 16.7 Å². The van der Waals surface area contributed by atoms with E-state index in [9.17, 15) is 9.90 Å². The molecule has 0 saturated carbocycles. The first-order chi connectivity index (χ1) is 9.25. The average molecular weight is 255 g/mol. The number of carbonyl (C=O) groups excluding carboxylic acids is 1. The molecule has 0 aliphatic carbocycles. The molecule has 0 unspecified atom stereocenters. The van der Waals surface area contributed by atoms with E-state index in [1.807, 2.05) is 35.2 Å². The number of phenolic OH excluding ortho intramolecular Hbond substituents is 1. The van der Waals surface area contributed by atoms with E-state index >= 15 is 0 Å². The van der Waals surface area contributed by atoms with Crippen LogP contribution in [-0.2, 0) is 0 Å². The van der Waals surface area contributed by atoms with E-state index in [1.165, 1.54) is 6.42 Å². The number of piperidine rings is 1. The summed E-state index contributed by atoms with van der Waals surface area (Å²) in [5.74, 6) is 0.208. The summed E-state index contributed by atoms with van der Waals surface area (Å²) in [6, 6.07) is 11.0. The normalized spacial score (nSPS) is 15.7. The van der Waals surface area contributed by atoms with E-state index in [0.717, 1.165) is 36.7 Å². The van der Waals surface area contributed by atoms with Crippen molar-refractivity contribution in [2.24, 2.45) is 0 Å². The van der Waals surface area contributed by atoms with Crippen LogP contribution >= 0.6 is 0 Å². The molecule has 3 nitrogen and oxygen atoms in total. The molecule has 0 atom stereocenters. The van der Waals surface area contributed by atoms with Gasteiger partial charge in [0.1, 0.15) is 5.75 Å². The topological polar surface area (TPSA) is 40.5 Å². The summed E-state index contributed by atoms with van der Waals surface area (Å²) in [6.45, 7) is 1.65. The summed E-state index contributed by atoms with van der Waals surface area (Å²) in [5, 5.41) is 11.7. The third-order valence-corrected chi connectivity index (χ3v) is 3.73. The molecule has 1 N–H and O–H groups in total. The molecule has 19 heavy (non-hydrogen) atoms. The fourth-order valence-corrected chi connectivity index (χ4v) is 2.69. The van der Waals surface area contributed by atoms with Crippen LogP contribution in [0.5, 0.6) is 5.75 Å². The summed E-state index contributed by atoms with van der Waals surface area (Å²) >= 11 is 0. The van der Waals surface area contributed by atoms with Crippen molar-refractivity contribution in [3.63, 3.8) is 0 Å². The Bertz CT molecular complexity index is 615. The van der Waals surface area contributed by atoms with Gasteiger partial charge in [-0.05, 0) is 36.8 Å². The fraction of sp³-hybridized carbons (Fsp3) is 0.312. The predicted molar refractivity (Wildman–Crippen MR) is 75.4 cm³/mol.